The molecule has 1 nitrogen and oxygen atoms in total. The summed E-state index contributed by atoms with van der Waals surface area (Å²) in [4.78, 5) is 0. The van der Waals surface area contributed by atoms with Crippen molar-refractivity contribution in [1.82, 2.24) is 0 Å². The van der Waals surface area contributed by atoms with Gasteiger partial charge in [-0.2, -0.15) is 0 Å². The highest BCUT2D eigenvalue weighted by Crippen LogP contribution is 2.25. The predicted octanol–water partition coefficient (Wildman–Crippen LogP) is 2.61. The first-order chi connectivity index (χ1) is 4.20. The van der Waals surface area contributed by atoms with Gasteiger partial charge in [-0.3, -0.25) is 0 Å². The highest BCUT2D eigenvalue weighted by Gasteiger charge is 1.95. The lowest BCUT2D eigenvalue weighted by Crippen LogP contribution is -1.67. The Labute approximate surface area is 66.4 Å². The summed E-state index contributed by atoms with van der Waals surface area (Å²) in [5, 5.41) is 9.16. The van der Waals surface area contributed by atoms with Crippen LogP contribution in [0.4, 0.5) is 0 Å². The Balaban J connectivity index is 3.17. The van der Waals surface area contributed by atoms with E-state index in [9.17, 15) is 0 Å². The van der Waals surface area contributed by atoms with E-state index in [0.29, 0.717) is 0 Å². The summed E-state index contributed by atoms with van der Waals surface area (Å²) < 4.78 is 0.768. The Morgan fingerprint density at radius 3 is 2.78 bits per heavy atom. The van der Waals surface area contributed by atoms with Crippen molar-refractivity contribution < 1.29 is 5.11 Å². The lowest BCUT2D eigenvalue weighted by molar-refractivity contribution is 0.475. The standard InChI is InChI=1S/C6H3BrClO/c7-4-1-2-5(8)6(9)3-4/h1,3,9H. The van der Waals surface area contributed by atoms with Crippen molar-refractivity contribution in [1.29, 1.82) is 0 Å². The maximum Gasteiger partial charge on any atom is 0.135 e. The fourth-order valence-electron chi connectivity index (χ4n) is 0.442. The number of phenolic OH excluding ortho intramolecular Hbond substituents is 1. The molecule has 1 aromatic rings. The van der Waals surface area contributed by atoms with Crippen LogP contribution < -0.4 is 0 Å². The van der Waals surface area contributed by atoms with Crippen LogP contribution in [-0.2, 0) is 0 Å². The average molecular weight is 206 g/mol. The molecule has 1 N–H and O–H groups in total. The Hall–Kier alpha value is -0.210. The average Bonchev–Trinajstić information content (AvgIpc) is 1.80. The summed E-state index contributed by atoms with van der Waals surface area (Å²) in [6, 6.07) is 5.79. The van der Waals surface area contributed by atoms with Gasteiger partial charge in [-0.15, -0.1) is 0 Å². The lowest BCUT2D eigenvalue weighted by atomic mass is 10.3. The molecule has 0 spiro atoms. The zero-order chi connectivity index (χ0) is 6.85. The van der Waals surface area contributed by atoms with Gasteiger partial charge >= 0.3 is 0 Å². The van der Waals surface area contributed by atoms with Gasteiger partial charge in [0, 0.05) is 10.5 Å². The Morgan fingerprint density at radius 1 is 1.67 bits per heavy atom. The third-order valence-electron chi connectivity index (χ3n) is 0.836. The first-order valence-corrected chi connectivity index (χ1v) is 3.43. The molecule has 3 heteroatoms. The molecule has 0 heterocycles. The smallest absolute Gasteiger partial charge is 0.135 e. The molecule has 0 atom stereocenters. The quantitative estimate of drug-likeness (QED) is 0.692. The normalized spacial score (nSPS) is 9.56. The van der Waals surface area contributed by atoms with Gasteiger partial charge in [0.2, 0.25) is 0 Å². The molecule has 47 valence electrons. The van der Waals surface area contributed by atoms with E-state index in [1.54, 1.807) is 6.07 Å². The number of aromatic hydroxyl groups is 1. The van der Waals surface area contributed by atoms with Crippen molar-refractivity contribution in [3.05, 3.63) is 27.7 Å². The van der Waals surface area contributed by atoms with E-state index in [0.717, 1.165) is 4.47 Å². The van der Waals surface area contributed by atoms with Crippen LogP contribution in [-0.4, -0.2) is 5.11 Å². The number of hydrogen-bond acceptors (Lipinski definition) is 1. The van der Waals surface area contributed by atoms with Gasteiger partial charge < -0.3 is 5.11 Å². The SMILES string of the molecule is Oc1cc(Br)c[c]c1Cl. The van der Waals surface area contributed by atoms with Crippen molar-refractivity contribution >= 4 is 27.5 Å². The van der Waals surface area contributed by atoms with Crippen LogP contribution >= 0.6 is 27.5 Å². The highest BCUT2D eigenvalue weighted by atomic mass is 79.9. The minimum absolute atomic E-state index is 0.0473. The maximum absolute atomic E-state index is 8.91. The van der Waals surface area contributed by atoms with E-state index in [1.807, 2.05) is 0 Å². The molecule has 0 amide bonds. The fourth-order valence-corrected chi connectivity index (χ4v) is 0.882. The van der Waals surface area contributed by atoms with Crippen LogP contribution in [0.5, 0.6) is 5.75 Å². The summed E-state index contributed by atoms with van der Waals surface area (Å²) in [6.07, 6.45) is 0. The molecule has 1 radical (unpaired) electrons. The van der Waals surface area contributed by atoms with E-state index in [1.165, 1.54) is 6.07 Å². The van der Waals surface area contributed by atoms with E-state index < -0.39 is 0 Å². The van der Waals surface area contributed by atoms with Crippen LogP contribution in [0.25, 0.3) is 0 Å². The molecule has 0 aliphatic heterocycles. The Morgan fingerprint density at radius 2 is 2.33 bits per heavy atom. The molecule has 1 rings (SSSR count). The first kappa shape index (κ1) is 6.90. The van der Waals surface area contributed by atoms with Crippen molar-refractivity contribution in [2.45, 2.75) is 0 Å². The molecule has 0 aliphatic rings. The van der Waals surface area contributed by atoms with E-state index in [4.69, 9.17) is 16.7 Å². The molecule has 0 aromatic heterocycles. The summed E-state index contributed by atoms with van der Waals surface area (Å²) in [5.74, 6) is 0.0473. The van der Waals surface area contributed by atoms with Crippen LogP contribution in [0.15, 0.2) is 16.6 Å². The number of rotatable bonds is 0. The third-order valence-corrected chi connectivity index (χ3v) is 1.60. The molecule has 0 fully saturated rings. The maximum atomic E-state index is 8.91. The van der Waals surface area contributed by atoms with Crippen molar-refractivity contribution in [3.8, 4) is 5.75 Å². The molecule has 0 saturated carbocycles. The molecular weight excluding hydrogens is 203 g/mol. The fraction of sp³-hybridized carbons (Fsp3) is 0. The summed E-state index contributed by atoms with van der Waals surface area (Å²) >= 11 is 8.60. The van der Waals surface area contributed by atoms with Crippen LogP contribution in [0.2, 0.25) is 5.02 Å². The van der Waals surface area contributed by atoms with E-state index >= 15 is 0 Å². The Bertz CT molecular complexity index is 224. The zero-order valence-corrected chi connectivity index (χ0v) is 6.70. The molecule has 0 unspecified atom stereocenters. The van der Waals surface area contributed by atoms with Crippen LogP contribution in [0, 0.1) is 6.07 Å². The van der Waals surface area contributed by atoms with E-state index in [-0.39, 0.29) is 10.8 Å². The second kappa shape index (κ2) is 2.58. The lowest BCUT2D eigenvalue weighted by Gasteiger charge is -1.93. The highest BCUT2D eigenvalue weighted by molar-refractivity contribution is 9.10. The minimum atomic E-state index is 0.0473. The number of phenols is 1. The third kappa shape index (κ3) is 1.60. The largest absolute Gasteiger partial charge is 0.506 e. The van der Waals surface area contributed by atoms with Gasteiger partial charge in [-0.05, 0) is 12.1 Å². The van der Waals surface area contributed by atoms with Crippen LogP contribution in [0.3, 0.4) is 0 Å². The zero-order valence-electron chi connectivity index (χ0n) is 4.36. The summed E-state index contributed by atoms with van der Waals surface area (Å²) in [6.45, 7) is 0. The monoisotopic (exact) mass is 205 g/mol. The van der Waals surface area contributed by atoms with Crippen molar-refractivity contribution in [2.24, 2.45) is 0 Å². The summed E-state index contributed by atoms with van der Waals surface area (Å²) in [5.41, 5.74) is 0. The van der Waals surface area contributed by atoms with Gasteiger partial charge in [-0.1, -0.05) is 27.5 Å². The molecular formula is C6H3BrClO. The van der Waals surface area contributed by atoms with Gasteiger partial charge in [-0.25, -0.2) is 0 Å². The Kier molecular flexibility index (Phi) is 1.98. The topological polar surface area (TPSA) is 20.2 Å². The first-order valence-electron chi connectivity index (χ1n) is 2.26. The van der Waals surface area contributed by atoms with Gasteiger partial charge in [0.05, 0.1) is 5.02 Å². The number of hydrogen-bond donors (Lipinski definition) is 1. The van der Waals surface area contributed by atoms with E-state index in [2.05, 4.69) is 22.0 Å². The second-order valence-corrected chi connectivity index (χ2v) is 2.81. The van der Waals surface area contributed by atoms with Gasteiger partial charge in [0.25, 0.3) is 0 Å². The minimum Gasteiger partial charge on any atom is -0.506 e. The second-order valence-electron chi connectivity index (χ2n) is 1.52. The number of halogens is 2. The van der Waals surface area contributed by atoms with Crippen molar-refractivity contribution in [2.75, 3.05) is 0 Å². The molecule has 0 bridgehead atoms. The number of benzene rings is 1. The van der Waals surface area contributed by atoms with Gasteiger partial charge in [0.15, 0.2) is 0 Å². The van der Waals surface area contributed by atoms with Gasteiger partial charge in [0.1, 0.15) is 5.75 Å². The predicted molar refractivity (Wildman–Crippen MR) is 39.7 cm³/mol. The van der Waals surface area contributed by atoms with Crippen molar-refractivity contribution in [3.63, 3.8) is 0 Å². The summed E-state index contributed by atoms with van der Waals surface area (Å²) in [7, 11) is 0. The molecule has 9 heavy (non-hydrogen) atoms. The molecule has 0 aliphatic carbocycles. The molecule has 1 aromatic carbocycles. The van der Waals surface area contributed by atoms with Crippen LogP contribution in [0.1, 0.15) is 0 Å². The molecule has 0 saturated heterocycles.